The minimum Gasteiger partial charge on any atom is -0.489 e. The lowest BCUT2D eigenvalue weighted by atomic mass is 9.98. The van der Waals surface area contributed by atoms with E-state index in [1.807, 2.05) is 31.2 Å². The van der Waals surface area contributed by atoms with E-state index >= 15 is 0 Å². The SMILES string of the molecule is Cc1cccc(C(C)C)c1NC(=O)CSCc1cc(Cl)c2c(c1)OCCCO2. The van der Waals surface area contributed by atoms with Crippen molar-refractivity contribution in [1.29, 1.82) is 0 Å². The molecule has 0 bridgehead atoms. The van der Waals surface area contributed by atoms with Gasteiger partial charge in [0.05, 0.1) is 24.0 Å². The standard InChI is InChI=1S/C22H26ClNO3S/c1-14(2)17-7-4-6-15(3)21(17)24-20(25)13-28-12-16-10-18(23)22-19(11-16)26-8-5-9-27-22/h4,6-7,10-11,14H,5,8-9,12-13H2,1-3H3,(H,24,25). The highest BCUT2D eigenvalue weighted by Crippen LogP contribution is 2.38. The number of amides is 1. The molecule has 2 aromatic rings. The van der Waals surface area contributed by atoms with Gasteiger partial charge in [0.15, 0.2) is 11.5 Å². The van der Waals surface area contributed by atoms with Crippen molar-refractivity contribution in [3.05, 3.63) is 52.0 Å². The van der Waals surface area contributed by atoms with Crippen molar-refractivity contribution in [3.63, 3.8) is 0 Å². The first-order chi connectivity index (χ1) is 13.5. The van der Waals surface area contributed by atoms with E-state index in [0.717, 1.165) is 28.8 Å². The molecule has 0 saturated carbocycles. The molecular formula is C22H26ClNO3S. The second kappa shape index (κ2) is 9.57. The van der Waals surface area contributed by atoms with Crippen LogP contribution in [0.3, 0.4) is 0 Å². The maximum atomic E-state index is 12.5. The number of carbonyl (C=O) groups is 1. The first-order valence-corrected chi connectivity index (χ1v) is 11.0. The van der Waals surface area contributed by atoms with Crippen molar-refractivity contribution in [2.45, 2.75) is 38.9 Å². The maximum absolute atomic E-state index is 12.5. The number of benzene rings is 2. The van der Waals surface area contributed by atoms with Crippen LogP contribution < -0.4 is 14.8 Å². The predicted molar refractivity (Wildman–Crippen MR) is 117 cm³/mol. The number of fused-ring (bicyclic) bond motifs is 1. The van der Waals surface area contributed by atoms with Crippen molar-refractivity contribution in [2.75, 3.05) is 24.3 Å². The van der Waals surface area contributed by atoms with E-state index in [1.165, 1.54) is 0 Å². The maximum Gasteiger partial charge on any atom is 0.234 e. The van der Waals surface area contributed by atoms with Gasteiger partial charge in [-0.3, -0.25) is 4.79 Å². The second-order valence-corrected chi connectivity index (χ2v) is 8.58. The van der Waals surface area contributed by atoms with Gasteiger partial charge in [0.1, 0.15) is 0 Å². The van der Waals surface area contributed by atoms with E-state index in [9.17, 15) is 4.79 Å². The summed E-state index contributed by atoms with van der Waals surface area (Å²) in [6.07, 6.45) is 0.840. The van der Waals surface area contributed by atoms with Crippen LogP contribution in [0.25, 0.3) is 0 Å². The van der Waals surface area contributed by atoms with Gasteiger partial charge in [-0.05, 0) is 41.7 Å². The summed E-state index contributed by atoms with van der Waals surface area (Å²) in [5.41, 5.74) is 4.19. The van der Waals surface area contributed by atoms with E-state index in [-0.39, 0.29) is 5.91 Å². The molecule has 0 aromatic heterocycles. The highest BCUT2D eigenvalue weighted by molar-refractivity contribution is 7.99. The summed E-state index contributed by atoms with van der Waals surface area (Å²) in [5.74, 6) is 2.71. The van der Waals surface area contributed by atoms with Crippen LogP contribution in [0.4, 0.5) is 5.69 Å². The molecule has 0 atom stereocenters. The molecule has 0 radical (unpaired) electrons. The molecule has 0 unspecified atom stereocenters. The first kappa shape index (κ1) is 20.9. The molecule has 1 heterocycles. The summed E-state index contributed by atoms with van der Waals surface area (Å²) in [5, 5.41) is 3.64. The minimum atomic E-state index is 0.00152. The van der Waals surface area contributed by atoms with Gasteiger partial charge in [0, 0.05) is 17.9 Å². The number of hydrogen-bond acceptors (Lipinski definition) is 4. The topological polar surface area (TPSA) is 47.6 Å². The molecule has 0 spiro atoms. The summed E-state index contributed by atoms with van der Waals surface area (Å²) in [6.45, 7) is 7.52. The molecule has 1 aliphatic rings. The van der Waals surface area contributed by atoms with Crippen molar-refractivity contribution < 1.29 is 14.3 Å². The Kier molecular flexibility index (Phi) is 7.13. The van der Waals surface area contributed by atoms with Gasteiger partial charge in [-0.1, -0.05) is 43.6 Å². The summed E-state index contributed by atoms with van der Waals surface area (Å²) in [7, 11) is 0. The van der Waals surface area contributed by atoms with E-state index in [1.54, 1.807) is 11.8 Å². The van der Waals surface area contributed by atoms with Gasteiger partial charge >= 0.3 is 0 Å². The molecule has 2 aromatic carbocycles. The second-order valence-electron chi connectivity index (χ2n) is 7.19. The Balaban J connectivity index is 1.59. The van der Waals surface area contributed by atoms with Crippen molar-refractivity contribution in [3.8, 4) is 11.5 Å². The van der Waals surface area contributed by atoms with Crippen LogP contribution in [-0.2, 0) is 10.5 Å². The van der Waals surface area contributed by atoms with Crippen LogP contribution in [0.1, 0.15) is 42.9 Å². The van der Waals surface area contributed by atoms with Crippen molar-refractivity contribution in [1.82, 2.24) is 0 Å². The van der Waals surface area contributed by atoms with Crippen molar-refractivity contribution >= 4 is 35.0 Å². The number of carbonyl (C=O) groups excluding carboxylic acids is 1. The molecule has 6 heteroatoms. The number of hydrogen-bond donors (Lipinski definition) is 1. The van der Waals surface area contributed by atoms with Gasteiger partial charge in [0.2, 0.25) is 5.91 Å². The Labute approximate surface area is 175 Å². The number of rotatable bonds is 6. The number of para-hydroxylation sites is 1. The fourth-order valence-corrected chi connectivity index (χ4v) is 4.20. The fraction of sp³-hybridized carbons (Fsp3) is 0.409. The van der Waals surface area contributed by atoms with E-state index < -0.39 is 0 Å². The number of aryl methyl sites for hydroxylation is 1. The third-order valence-corrected chi connectivity index (χ3v) is 5.84. The molecule has 0 aliphatic carbocycles. The van der Waals surface area contributed by atoms with Crippen LogP contribution in [0.5, 0.6) is 11.5 Å². The van der Waals surface area contributed by atoms with Crippen LogP contribution in [0.2, 0.25) is 5.02 Å². The van der Waals surface area contributed by atoms with Gasteiger partial charge < -0.3 is 14.8 Å². The zero-order chi connectivity index (χ0) is 20.1. The largest absolute Gasteiger partial charge is 0.489 e. The molecule has 1 aliphatic heterocycles. The Bertz CT molecular complexity index is 854. The van der Waals surface area contributed by atoms with Crippen LogP contribution in [0, 0.1) is 6.92 Å². The van der Waals surface area contributed by atoms with E-state index in [2.05, 4.69) is 25.2 Å². The average Bonchev–Trinajstić information content (AvgIpc) is 2.89. The highest BCUT2D eigenvalue weighted by Gasteiger charge is 2.16. The number of halogens is 1. The molecule has 3 rings (SSSR count). The lowest BCUT2D eigenvalue weighted by Crippen LogP contribution is -2.16. The van der Waals surface area contributed by atoms with Gasteiger partial charge in [-0.2, -0.15) is 0 Å². The van der Waals surface area contributed by atoms with E-state index in [4.69, 9.17) is 21.1 Å². The number of anilines is 1. The zero-order valence-electron chi connectivity index (χ0n) is 16.5. The summed E-state index contributed by atoms with van der Waals surface area (Å²) >= 11 is 7.89. The Morgan fingerprint density at radius 3 is 2.82 bits per heavy atom. The molecule has 4 nitrogen and oxygen atoms in total. The molecule has 28 heavy (non-hydrogen) atoms. The van der Waals surface area contributed by atoms with Crippen LogP contribution in [-0.4, -0.2) is 24.9 Å². The summed E-state index contributed by atoms with van der Waals surface area (Å²) < 4.78 is 11.4. The molecule has 0 fully saturated rings. The van der Waals surface area contributed by atoms with Gasteiger partial charge in [-0.15, -0.1) is 11.8 Å². The molecule has 1 N–H and O–H groups in total. The first-order valence-electron chi connectivity index (χ1n) is 9.51. The molecule has 0 saturated heterocycles. The van der Waals surface area contributed by atoms with Gasteiger partial charge in [0.25, 0.3) is 0 Å². The smallest absolute Gasteiger partial charge is 0.234 e. The predicted octanol–water partition coefficient (Wildman–Crippen LogP) is 5.81. The highest BCUT2D eigenvalue weighted by atomic mass is 35.5. The Morgan fingerprint density at radius 1 is 1.25 bits per heavy atom. The summed E-state index contributed by atoms with van der Waals surface area (Å²) in [6, 6.07) is 9.96. The molecule has 1 amide bonds. The monoisotopic (exact) mass is 419 g/mol. The summed E-state index contributed by atoms with van der Waals surface area (Å²) in [4.78, 5) is 12.5. The third kappa shape index (κ3) is 5.15. The minimum absolute atomic E-state index is 0.00152. The lowest BCUT2D eigenvalue weighted by Gasteiger charge is -2.16. The quantitative estimate of drug-likeness (QED) is 0.642. The fourth-order valence-electron chi connectivity index (χ4n) is 3.15. The molecular weight excluding hydrogens is 394 g/mol. The van der Waals surface area contributed by atoms with Crippen LogP contribution >= 0.6 is 23.4 Å². The molecule has 150 valence electrons. The number of ether oxygens (including phenoxy) is 2. The van der Waals surface area contributed by atoms with Crippen LogP contribution in [0.15, 0.2) is 30.3 Å². The normalized spacial score (nSPS) is 13.3. The number of thioether (sulfide) groups is 1. The number of nitrogens with one attached hydrogen (secondary N) is 1. The zero-order valence-corrected chi connectivity index (χ0v) is 18.1. The van der Waals surface area contributed by atoms with Crippen molar-refractivity contribution in [2.24, 2.45) is 0 Å². The average molecular weight is 420 g/mol. The van der Waals surface area contributed by atoms with E-state index in [0.29, 0.717) is 47.2 Å². The Morgan fingerprint density at radius 2 is 2.04 bits per heavy atom. The third-order valence-electron chi connectivity index (χ3n) is 4.56. The Hall–Kier alpha value is -1.85. The van der Waals surface area contributed by atoms with Gasteiger partial charge in [-0.25, -0.2) is 0 Å². The lowest BCUT2D eigenvalue weighted by molar-refractivity contribution is -0.113.